The lowest BCUT2D eigenvalue weighted by molar-refractivity contribution is 0.102. The van der Waals surface area contributed by atoms with Crippen molar-refractivity contribution >= 4 is 34.6 Å². The van der Waals surface area contributed by atoms with Crippen LogP contribution in [-0.2, 0) is 0 Å². The molecule has 0 unspecified atom stereocenters. The van der Waals surface area contributed by atoms with Gasteiger partial charge in [-0.1, -0.05) is 23.5 Å². The summed E-state index contributed by atoms with van der Waals surface area (Å²) in [7, 11) is 1.56. The Kier molecular flexibility index (Phi) is 5.69. The topological polar surface area (TPSA) is 115 Å². The van der Waals surface area contributed by atoms with Gasteiger partial charge in [-0.2, -0.15) is 0 Å². The zero-order chi connectivity index (χ0) is 22.8. The summed E-state index contributed by atoms with van der Waals surface area (Å²) in [5.74, 6) is 1.42. The van der Waals surface area contributed by atoms with Crippen LogP contribution in [0.1, 0.15) is 33.7 Å². The molecule has 0 bridgehead atoms. The predicted molar refractivity (Wildman–Crippen MR) is 121 cm³/mol. The first kappa shape index (κ1) is 21.0. The number of methoxy groups -OCH3 is 1. The van der Waals surface area contributed by atoms with Crippen molar-refractivity contribution in [2.24, 2.45) is 0 Å². The molecule has 11 heteroatoms. The monoisotopic (exact) mass is 467 g/mol. The van der Waals surface area contributed by atoms with E-state index >= 15 is 0 Å². The van der Waals surface area contributed by atoms with Gasteiger partial charge in [-0.15, -0.1) is 10.2 Å². The maximum Gasteiger partial charge on any atom is 0.322 e. The molecule has 2 aliphatic rings. The number of hydrogen-bond acceptors (Lipinski definition) is 8. The molecular weight excluding hydrogens is 446 g/mol. The van der Waals surface area contributed by atoms with E-state index in [-0.39, 0.29) is 29.8 Å². The molecule has 3 aromatic rings. The highest BCUT2D eigenvalue weighted by Crippen LogP contribution is 2.36. The molecule has 1 atom stereocenters. The van der Waals surface area contributed by atoms with E-state index < -0.39 is 0 Å². The van der Waals surface area contributed by atoms with Gasteiger partial charge in [0.2, 0.25) is 11.8 Å². The van der Waals surface area contributed by atoms with Crippen molar-refractivity contribution < 1.29 is 23.8 Å². The molecule has 3 amide bonds. The summed E-state index contributed by atoms with van der Waals surface area (Å²) in [4.78, 5) is 27.4. The van der Waals surface area contributed by atoms with Crippen LogP contribution in [0.25, 0.3) is 0 Å². The van der Waals surface area contributed by atoms with Crippen molar-refractivity contribution in [3.8, 4) is 17.2 Å². The Hall–Kier alpha value is -3.86. The number of urea groups is 1. The number of nitrogens with zero attached hydrogens (tertiary/aromatic N) is 3. The highest BCUT2D eigenvalue weighted by molar-refractivity contribution is 7.13. The van der Waals surface area contributed by atoms with E-state index in [2.05, 4.69) is 20.8 Å². The number of para-hydroxylation sites is 2. The molecular formula is C22H21N5O5S. The van der Waals surface area contributed by atoms with Crippen LogP contribution >= 0.6 is 11.3 Å². The number of carbonyl (C=O) groups excluding carboxylic acids is 2. The fraction of sp³-hybridized carbons (Fsp3) is 0.273. The number of anilines is 2. The Bertz CT molecular complexity index is 1200. The number of aromatic nitrogens is 2. The highest BCUT2D eigenvalue weighted by atomic mass is 32.1. The van der Waals surface area contributed by atoms with Crippen LogP contribution in [0.2, 0.25) is 0 Å². The van der Waals surface area contributed by atoms with Gasteiger partial charge in [0.25, 0.3) is 5.91 Å². The van der Waals surface area contributed by atoms with E-state index in [1.165, 1.54) is 11.3 Å². The number of amides is 3. The van der Waals surface area contributed by atoms with Crippen molar-refractivity contribution in [1.29, 1.82) is 0 Å². The third-order valence-corrected chi connectivity index (χ3v) is 6.44. The molecule has 0 radical (unpaired) electrons. The molecule has 1 saturated heterocycles. The molecule has 0 spiro atoms. The van der Waals surface area contributed by atoms with Gasteiger partial charge in [0.05, 0.1) is 18.8 Å². The lowest BCUT2D eigenvalue weighted by Crippen LogP contribution is -2.34. The Morgan fingerprint density at radius 1 is 1.12 bits per heavy atom. The summed E-state index contributed by atoms with van der Waals surface area (Å²) < 4.78 is 15.9. The molecule has 2 aromatic carbocycles. The molecule has 1 fully saturated rings. The summed E-state index contributed by atoms with van der Waals surface area (Å²) in [5, 5.41) is 14.8. The Morgan fingerprint density at radius 2 is 1.97 bits per heavy atom. The van der Waals surface area contributed by atoms with Gasteiger partial charge in [-0.3, -0.25) is 4.79 Å². The molecule has 33 heavy (non-hydrogen) atoms. The second-order valence-electron chi connectivity index (χ2n) is 7.45. The maximum absolute atomic E-state index is 13.0. The minimum atomic E-state index is -0.374. The molecule has 0 aliphatic carbocycles. The molecule has 10 nitrogen and oxygen atoms in total. The van der Waals surface area contributed by atoms with Crippen LogP contribution in [0.5, 0.6) is 17.2 Å². The van der Waals surface area contributed by atoms with Crippen LogP contribution in [0.3, 0.4) is 0 Å². The average Bonchev–Trinajstić information content (AvgIpc) is 3.59. The lowest BCUT2D eigenvalue weighted by atomic mass is 10.2. The van der Waals surface area contributed by atoms with E-state index in [0.717, 1.165) is 12.8 Å². The predicted octanol–water partition coefficient (Wildman–Crippen LogP) is 3.90. The third kappa shape index (κ3) is 4.27. The maximum atomic E-state index is 13.0. The third-order valence-electron chi connectivity index (χ3n) is 5.41. The van der Waals surface area contributed by atoms with Crippen LogP contribution in [0.4, 0.5) is 16.2 Å². The van der Waals surface area contributed by atoms with E-state index in [1.807, 2.05) is 12.1 Å². The van der Waals surface area contributed by atoms with Gasteiger partial charge in [0, 0.05) is 18.3 Å². The Labute approximate surface area is 193 Å². The quantitative estimate of drug-likeness (QED) is 0.585. The number of carbonyl (C=O) groups is 2. The summed E-state index contributed by atoms with van der Waals surface area (Å²) >= 11 is 1.18. The second-order valence-corrected chi connectivity index (χ2v) is 8.46. The minimum absolute atomic E-state index is 0.162. The van der Waals surface area contributed by atoms with Crippen LogP contribution in [0, 0.1) is 0 Å². The lowest BCUT2D eigenvalue weighted by Gasteiger charge is -2.23. The average molecular weight is 468 g/mol. The van der Waals surface area contributed by atoms with Gasteiger partial charge in [0.15, 0.2) is 11.5 Å². The molecule has 170 valence electrons. The zero-order valence-electron chi connectivity index (χ0n) is 17.7. The number of ether oxygens (including phenoxy) is 3. The van der Waals surface area contributed by atoms with E-state index in [1.54, 1.807) is 42.3 Å². The smallest absolute Gasteiger partial charge is 0.322 e. The molecule has 0 saturated carbocycles. The van der Waals surface area contributed by atoms with Gasteiger partial charge in [-0.25, -0.2) is 4.79 Å². The largest absolute Gasteiger partial charge is 0.495 e. The SMILES string of the molecule is COc1ccccc1NC(=O)N1CCC[C@H]1c1nnc(C(=O)Nc2ccc3c(c2)OCO3)s1. The Balaban J connectivity index is 1.27. The fourth-order valence-electron chi connectivity index (χ4n) is 3.82. The first-order valence-electron chi connectivity index (χ1n) is 10.4. The minimum Gasteiger partial charge on any atom is -0.495 e. The van der Waals surface area contributed by atoms with Crippen molar-refractivity contribution in [2.75, 3.05) is 31.1 Å². The normalized spacial score (nSPS) is 16.5. The Morgan fingerprint density at radius 3 is 2.85 bits per heavy atom. The molecule has 1 aromatic heterocycles. The van der Waals surface area contributed by atoms with Gasteiger partial charge >= 0.3 is 6.03 Å². The number of benzene rings is 2. The molecule has 2 N–H and O–H groups in total. The van der Waals surface area contributed by atoms with Crippen LogP contribution in [-0.4, -0.2) is 47.5 Å². The number of rotatable bonds is 5. The van der Waals surface area contributed by atoms with Crippen LogP contribution in [0.15, 0.2) is 42.5 Å². The number of nitrogens with one attached hydrogen (secondary N) is 2. The van der Waals surface area contributed by atoms with E-state index in [4.69, 9.17) is 14.2 Å². The summed E-state index contributed by atoms with van der Waals surface area (Å²) in [5.41, 5.74) is 1.16. The fourth-order valence-corrected chi connectivity index (χ4v) is 4.71. The number of likely N-dealkylation sites (tertiary alicyclic amines) is 1. The standard InChI is InChI=1S/C22H21N5O5S/c1-30-16-7-3-2-5-14(16)24-22(29)27-10-4-6-15(27)20-25-26-21(33-20)19(28)23-13-8-9-17-18(11-13)32-12-31-17/h2-3,5,7-9,11,15H,4,6,10,12H2,1H3,(H,23,28)(H,24,29)/t15-/m0/s1. The van der Waals surface area contributed by atoms with E-state index in [9.17, 15) is 9.59 Å². The number of hydrogen-bond donors (Lipinski definition) is 2. The molecule has 3 heterocycles. The second kappa shape index (κ2) is 8.94. The van der Waals surface area contributed by atoms with Crippen molar-refractivity contribution in [2.45, 2.75) is 18.9 Å². The first-order chi connectivity index (χ1) is 16.1. The van der Waals surface area contributed by atoms with Crippen molar-refractivity contribution in [1.82, 2.24) is 15.1 Å². The highest BCUT2D eigenvalue weighted by Gasteiger charge is 2.33. The van der Waals surface area contributed by atoms with Gasteiger partial charge in [-0.05, 0) is 37.1 Å². The summed E-state index contributed by atoms with van der Waals surface area (Å²) in [6, 6.07) is 11.9. The van der Waals surface area contributed by atoms with Crippen LogP contribution < -0.4 is 24.8 Å². The molecule has 5 rings (SSSR count). The van der Waals surface area contributed by atoms with Gasteiger partial charge in [0.1, 0.15) is 10.8 Å². The summed E-state index contributed by atoms with van der Waals surface area (Å²) in [6.45, 7) is 0.749. The first-order valence-corrected chi connectivity index (χ1v) is 11.2. The van der Waals surface area contributed by atoms with Crippen molar-refractivity contribution in [3.05, 3.63) is 52.5 Å². The number of fused-ring (bicyclic) bond motifs is 1. The summed E-state index contributed by atoms with van der Waals surface area (Å²) in [6.07, 6.45) is 1.58. The van der Waals surface area contributed by atoms with E-state index in [0.29, 0.717) is 40.2 Å². The van der Waals surface area contributed by atoms with Crippen molar-refractivity contribution in [3.63, 3.8) is 0 Å². The van der Waals surface area contributed by atoms with Gasteiger partial charge < -0.3 is 29.7 Å². The molecule has 2 aliphatic heterocycles. The zero-order valence-corrected chi connectivity index (χ0v) is 18.6.